The van der Waals surface area contributed by atoms with Crippen molar-refractivity contribution >= 4 is 0 Å². The maximum absolute atomic E-state index is 13.7. The lowest BCUT2D eigenvalue weighted by Crippen LogP contribution is -2.28. The lowest BCUT2D eigenvalue weighted by molar-refractivity contribution is 0.0917. The van der Waals surface area contributed by atoms with E-state index in [4.69, 9.17) is 4.74 Å². The molecule has 0 aliphatic heterocycles. The molecule has 1 atom stereocenters. The molecule has 2 aromatic rings. The molecule has 0 saturated heterocycles. The third-order valence-electron chi connectivity index (χ3n) is 4.61. The van der Waals surface area contributed by atoms with E-state index in [0.717, 1.165) is 30.5 Å². The Hall–Kier alpha value is -1.91. The highest BCUT2D eigenvalue weighted by molar-refractivity contribution is 5.29. The summed E-state index contributed by atoms with van der Waals surface area (Å²) in [7, 11) is 1.46. The standard InChI is InChI=1S/C19H22FNO2/c1-23-17-8-7-14(11-16(17)20)12-21-13-19(9-10-19)18(22)15-5-3-2-4-6-15/h2-8,11,18,21-22H,9-10,12-13H2,1H3. The number of methoxy groups -OCH3 is 1. The fraction of sp³-hybridized carbons (Fsp3) is 0.368. The molecule has 1 saturated carbocycles. The SMILES string of the molecule is COc1ccc(CNCC2(C(O)c3ccccc3)CC2)cc1F. The molecule has 4 heteroatoms. The number of benzene rings is 2. The second kappa shape index (κ2) is 6.69. The van der Waals surface area contributed by atoms with Crippen molar-refractivity contribution in [2.75, 3.05) is 13.7 Å². The van der Waals surface area contributed by atoms with Crippen LogP contribution in [0.1, 0.15) is 30.1 Å². The van der Waals surface area contributed by atoms with Crippen LogP contribution in [0, 0.1) is 11.2 Å². The van der Waals surface area contributed by atoms with Crippen molar-refractivity contribution in [3.05, 3.63) is 65.5 Å². The highest BCUT2D eigenvalue weighted by Crippen LogP contribution is 2.54. The maximum Gasteiger partial charge on any atom is 0.165 e. The van der Waals surface area contributed by atoms with E-state index in [2.05, 4.69) is 5.32 Å². The Morgan fingerprint density at radius 3 is 2.57 bits per heavy atom. The minimum atomic E-state index is -0.455. The molecule has 3 nitrogen and oxygen atoms in total. The summed E-state index contributed by atoms with van der Waals surface area (Å²) in [5, 5.41) is 14.0. The van der Waals surface area contributed by atoms with Gasteiger partial charge in [-0.05, 0) is 36.1 Å². The first-order valence-corrected chi connectivity index (χ1v) is 7.91. The van der Waals surface area contributed by atoms with Gasteiger partial charge in [0.15, 0.2) is 11.6 Å². The second-order valence-corrected chi connectivity index (χ2v) is 6.25. The van der Waals surface area contributed by atoms with E-state index in [9.17, 15) is 9.50 Å². The average Bonchev–Trinajstić information content (AvgIpc) is 3.36. The van der Waals surface area contributed by atoms with Crippen molar-refractivity contribution in [1.29, 1.82) is 0 Å². The molecule has 1 aliphatic rings. The number of rotatable bonds is 7. The Morgan fingerprint density at radius 1 is 1.22 bits per heavy atom. The molecule has 1 unspecified atom stereocenters. The Morgan fingerprint density at radius 2 is 1.96 bits per heavy atom. The number of ether oxygens (including phenoxy) is 1. The maximum atomic E-state index is 13.7. The van der Waals surface area contributed by atoms with Gasteiger partial charge in [0.1, 0.15) is 0 Å². The van der Waals surface area contributed by atoms with Crippen LogP contribution in [0.2, 0.25) is 0 Å². The van der Waals surface area contributed by atoms with Crippen LogP contribution in [0.15, 0.2) is 48.5 Å². The van der Waals surface area contributed by atoms with Crippen molar-refractivity contribution < 1.29 is 14.2 Å². The van der Waals surface area contributed by atoms with Crippen LogP contribution >= 0.6 is 0 Å². The summed E-state index contributed by atoms with van der Waals surface area (Å²) in [6.45, 7) is 1.29. The molecule has 2 aromatic carbocycles. The molecule has 2 N–H and O–H groups in total. The summed E-state index contributed by atoms with van der Waals surface area (Å²) in [6.07, 6.45) is 1.56. The number of halogens is 1. The molecular formula is C19H22FNO2. The molecule has 23 heavy (non-hydrogen) atoms. The van der Waals surface area contributed by atoms with Gasteiger partial charge in [-0.15, -0.1) is 0 Å². The molecule has 0 spiro atoms. The van der Waals surface area contributed by atoms with E-state index in [1.807, 2.05) is 36.4 Å². The van der Waals surface area contributed by atoms with Crippen molar-refractivity contribution in [2.24, 2.45) is 5.41 Å². The van der Waals surface area contributed by atoms with E-state index < -0.39 is 6.10 Å². The van der Waals surface area contributed by atoms with Gasteiger partial charge in [0.05, 0.1) is 13.2 Å². The lowest BCUT2D eigenvalue weighted by atomic mass is 9.92. The third kappa shape index (κ3) is 3.54. The van der Waals surface area contributed by atoms with Gasteiger partial charge in [-0.3, -0.25) is 0 Å². The fourth-order valence-corrected chi connectivity index (χ4v) is 2.97. The third-order valence-corrected chi connectivity index (χ3v) is 4.61. The highest BCUT2D eigenvalue weighted by atomic mass is 19.1. The second-order valence-electron chi connectivity index (χ2n) is 6.25. The average molecular weight is 315 g/mol. The summed E-state index contributed by atoms with van der Waals surface area (Å²) >= 11 is 0. The van der Waals surface area contributed by atoms with Crippen LogP contribution in [-0.2, 0) is 6.54 Å². The van der Waals surface area contributed by atoms with Crippen LogP contribution in [0.5, 0.6) is 5.75 Å². The van der Waals surface area contributed by atoms with Crippen LogP contribution in [-0.4, -0.2) is 18.8 Å². The Labute approximate surface area is 136 Å². The van der Waals surface area contributed by atoms with E-state index in [1.165, 1.54) is 13.2 Å². The van der Waals surface area contributed by atoms with Crippen LogP contribution in [0.25, 0.3) is 0 Å². The van der Waals surface area contributed by atoms with E-state index in [1.54, 1.807) is 6.07 Å². The van der Waals surface area contributed by atoms with Gasteiger partial charge >= 0.3 is 0 Å². The molecule has 1 aliphatic carbocycles. The van der Waals surface area contributed by atoms with Gasteiger partial charge in [-0.1, -0.05) is 36.4 Å². The first-order chi connectivity index (χ1) is 11.1. The summed E-state index contributed by atoms with van der Waals surface area (Å²) in [5.74, 6) is -0.0934. The minimum Gasteiger partial charge on any atom is -0.494 e. The molecule has 0 bridgehead atoms. The topological polar surface area (TPSA) is 41.5 Å². The van der Waals surface area contributed by atoms with Crippen molar-refractivity contribution in [2.45, 2.75) is 25.5 Å². The Kier molecular flexibility index (Phi) is 4.64. The van der Waals surface area contributed by atoms with Crippen molar-refractivity contribution in [1.82, 2.24) is 5.32 Å². The van der Waals surface area contributed by atoms with E-state index in [0.29, 0.717) is 6.54 Å². The molecule has 1 fully saturated rings. The molecule has 0 heterocycles. The predicted molar refractivity (Wildman–Crippen MR) is 87.7 cm³/mol. The zero-order chi connectivity index (χ0) is 16.3. The number of nitrogens with one attached hydrogen (secondary N) is 1. The Balaban J connectivity index is 1.57. The van der Waals surface area contributed by atoms with Gasteiger partial charge < -0.3 is 15.2 Å². The van der Waals surface area contributed by atoms with Crippen LogP contribution in [0.3, 0.4) is 0 Å². The summed E-state index contributed by atoms with van der Waals surface area (Å²) < 4.78 is 18.6. The first-order valence-electron chi connectivity index (χ1n) is 7.91. The summed E-state index contributed by atoms with van der Waals surface area (Å²) in [6, 6.07) is 14.7. The number of aliphatic hydroxyl groups excluding tert-OH is 1. The van der Waals surface area contributed by atoms with Gasteiger partial charge in [0, 0.05) is 18.5 Å². The monoisotopic (exact) mass is 315 g/mol. The first kappa shape index (κ1) is 16.0. The number of aliphatic hydroxyl groups is 1. The van der Waals surface area contributed by atoms with E-state index in [-0.39, 0.29) is 17.0 Å². The molecule has 0 amide bonds. The summed E-state index contributed by atoms with van der Waals surface area (Å²) in [4.78, 5) is 0. The summed E-state index contributed by atoms with van der Waals surface area (Å²) in [5.41, 5.74) is 1.74. The molecule has 122 valence electrons. The number of hydrogen-bond acceptors (Lipinski definition) is 3. The number of hydrogen-bond donors (Lipinski definition) is 2. The normalized spacial score (nSPS) is 16.8. The van der Waals surface area contributed by atoms with Gasteiger partial charge in [0.25, 0.3) is 0 Å². The fourth-order valence-electron chi connectivity index (χ4n) is 2.97. The molecular weight excluding hydrogens is 293 g/mol. The van der Waals surface area contributed by atoms with Crippen LogP contribution < -0.4 is 10.1 Å². The largest absolute Gasteiger partial charge is 0.494 e. The van der Waals surface area contributed by atoms with Crippen LogP contribution in [0.4, 0.5) is 4.39 Å². The lowest BCUT2D eigenvalue weighted by Gasteiger charge is -2.23. The predicted octanol–water partition coefficient (Wildman–Crippen LogP) is 3.44. The van der Waals surface area contributed by atoms with E-state index >= 15 is 0 Å². The molecule has 3 rings (SSSR count). The quantitative estimate of drug-likeness (QED) is 0.822. The van der Waals surface area contributed by atoms with Crippen molar-refractivity contribution in [3.8, 4) is 5.75 Å². The smallest absolute Gasteiger partial charge is 0.165 e. The highest BCUT2D eigenvalue weighted by Gasteiger charge is 2.48. The van der Waals surface area contributed by atoms with Gasteiger partial charge in [-0.2, -0.15) is 0 Å². The zero-order valence-electron chi connectivity index (χ0n) is 13.3. The molecule has 0 aromatic heterocycles. The molecule has 0 radical (unpaired) electrons. The van der Waals surface area contributed by atoms with Gasteiger partial charge in [-0.25, -0.2) is 4.39 Å². The Bertz CT molecular complexity index is 656. The van der Waals surface area contributed by atoms with Crippen molar-refractivity contribution in [3.63, 3.8) is 0 Å². The zero-order valence-corrected chi connectivity index (χ0v) is 13.3. The minimum absolute atomic E-state index is 0.0909. The van der Waals surface area contributed by atoms with Gasteiger partial charge in [0.2, 0.25) is 0 Å².